The smallest absolute Gasteiger partial charge is 0.135 e. The fourth-order valence-electron chi connectivity index (χ4n) is 1.56. The van der Waals surface area contributed by atoms with Gasteiger partial charge in [0, 0.05) is 17.0 Å². The van der Waals surface area contributed by atoms with Crippen LogP contribution >= 0.6 is 11.6 Å². The van der Waals surface area contributed by atoms with Gasteiger partial charge in [-0.15, -0.1) is 0 Å². The van der Waals surface area contributed by atoms with Crippen molar-refractivity contribution in [2.45, 2.75) is 13.0 Å². The Morgan fingerprint density at radius 2 is 2.12 bits per heavy atom. The number of aliphatic hydroxyl groups excluding tert-OH is 1. The van der Waals surface area contributed by atoms with Gasteiger partial charge in [-0.1, -0.05) is 11.6 Å². The number of halogens is 1. The molecule has 2 aromatic rings. The van der Waals surface area contributed by atoms with Crippen LogP contribution in [0.4, 0.5) is 0 Å². The number of hydrogen-bond donors (Lipinski definition) is 1. The van der Waals surface area contributed by atoms with E-state index in [2.05, 4.69) is 4.98 Å². The molecule has 84 valence electrons. The molecule has 16 heavy (non-hydrogen) atoms. The number of fused-ring (bicyclic) bond motifs is 1. The number of methoxy groups -OCH3 is 1. The van der Waals surface area contributed by atoms with Crippen LogP contribution in [-0.4, -0.2) is 17.2 Å². The van der Waals surface area contributed by atoms with Gasteiger partial charge in [-0.3, -0.25) is 0 Å². The third-order valence-corrected chi connectivity index (χ3v) is 2.76. The molecule has 0 amide bonds. The quantitative estimate of drug-likeness (QED) is 0.817. The minimum atomic E-state index is -0.619. The van der Waals surface area contributed by atoms with Gasteiger partial charge < -0.3 is 9.84 Å². The van der Waals surface area contributed by atoms with Gasteiger partial charge in [-0.25, -0.2) is 4.98 Å². The summed E-state index contributed by atoms with van der Waals surface area (Å²) in [5.41, 5.74) is 1.40. The topological polar surface area (TPSA) is 42.4 Å². The van der Waals surface area contributed by atoms with Gasteiger partial charge in [-0.05, 0) is 25.1 Å². The van der Waals surface area contributed by atoms with Gasteiger partial charge in [0.2, 0.25) is 0 Å². The van der Waals surface area contributed by atoms with Crippen LogP contribution in [0.1, 0.15) is 18.6 Å². The summed E-state index contributed by atoms with van der Waals surface area (Å²) in [5, 5.41) is 10.8. The molecular weight excluding hydrogens is 226 g/mol. The van der Waals surface area contributed by atoms with Gasteiger partial charge >= 0.3 is 0 Å². The van der Waals surface area contributed by atoms with Crippen molar-refractivity contribution in [2.24, 2.45) is 0 Å². The zero-order valence-corrected chi connectivity index (χ0v) is 9.82. The van der Waals surface area contributed by atoms with E-state index >= 15 is 0 Å². The summed E-state index contributed by atoms with van der Waals surface area (Å²) in [6, 6.07) is 7.40. The van der Waals surface area contributed by atoms with Crippen LogP contribution in [0.15, 0.2) is 24.3 Å². The molecule has 0 bridgehead atoms. The number of benzene rings is 1. The van der Waals surface area contributed by atoms with E-state index in [0.29, 0.717) is 10.7 Å². The molecule has 1 N–H and O–H groups in total. The average molecular weight is 238 g/mol. The van der Waals surface area contributed by atoms with Crippen molar-refractivity contribution in [1.29, 1.82) is 0 Å². The molecule has 0 radical (unpaired) electrons. The van der Waals surface area contributed by atoms with Gasteiger partial charge in [0.1, 0.15) is 10.9 Å². The van der Waals surface area contributed by atoms with Crippen molar-refractivity contribution in [2.75, 3.05) is 7.11 Å². The predicted molar refractivity (Wildman–Crippen MR) is 63.9 cm³/mol. The molecule has 2 rings (SSSR count). The van der Waals surface area contributed by atoms with Crippen molar-refractivity contribution in [3.63, 3.8) is 0 Å². The van der Waals surface area contributed by atoms with Crippen LogP contribution in [0, 0.1) is 0 Å². The predicted octanol–water partition coefficient (Wildman–Crippen LogP) is 2.95. The maximum atomic E-state index is 9.52. The lowest BCUT2D eigenvalue weighted by atomic mass is 10.1. The molecule has 0 saturated heterocycles. The molecular formula is C12H12ClNO2. The molecule has 1 aromatic heterocycles. The Hall–Kier alpha value is -1.32. The second kappa shape index (κ2) is 4.28. The first-order valence-electron chi connectivity index (χ1n) is 4.94. The van der Waals surface area contributed by atoms with E-state index in [0.717, 1.165) is 16.7 Å². The first kappa shape index (κ1) is 11.2. The first-order valence-corrected chi connectivity index (χ1v) is 5.32. The maximum Gasteiger partial charge on any atom is 0.135 e. The molecule has 0 aliphatic carbocycles. The number of aliphatic hydroxyl groups is 1. The molecule has 0 spiro atoms. The van der Waals surface area contributed by atoms with Gasteiger partial charge in [0.15, 0.2) is 0 Å². The molecule has 1 heterocycles. The summed E-state index contributed by atoms with van der Waals surface area (Å²) in [5.74, 6) is 0.737. The Balaban J connectivity index is 2.64. The molecule has 3 nitrogen and oxygen atoms in total. The maximum absolute atomic E-state index is 9.52. The monoisotopic (exact) mass is 237 g/mol. The Labute approximate surface area is 98.6 Å². The number of hydrogen-bond acceptors (Lipinski definition) is 3. The van der Waals surface area contributed by atoms with Gasteiger partial charge in [0.25, 0.3) is 0 Å². The minimum absolute atomic E-state index is 0.329. The lowest BCUT2D eigenvalue weighted by Crippen LogP contribution is -1.95. The summed E-state index contributed by atoms with van der Waals surface area (Å²) in [7, 11) is 1.60. The summed E-state index contributed by atoms with van der Waals surface area (Å²) in [4.78, 5) is 4.23. The molecule has 0 unspecified atom stereocenters. The molecule has 0 fully saturated rings. The second-order valence-corrected chi connectivity index (χ2v) is 3.96. The van der Waals surface area contributed by atoms with E-state index in [4.69, 9.17) is 16.3 Å². The molecule has 1 atom stereocenters. The van der Waals surface area contributed by atoms with E-state index in [-0.39, 0.29) is 0 Å². The highest BCUT2D eigenvalue weighted by atomic mass is 35.5. The Morgan fingerprint density at radius 1 is 1.38 bits per heavy atom. The SMILES string of the molecule is COc1ccc2cc([C@@H](C)O)c(Cl)nc2c1. The highest BCUT2D eigenvalue weighted by Crippen LogP contribution is 2.27. The molecule has 0 aliphatic rings. The van der Waals surface area contributed by atoms with Crippen molar-refractivity contribution < 1.29 is 9.84 Å². The highest BCUT2D eigenvalue weighted by Gasteiger charge is 2.09. The van der Waals surface area contributed by atoms with E-state index in [1.165, 1.54) is 0 Å². The lowest BCUT2D eigenvalue weighted by Gasteiger charge is -2.09. The van der Waals surface area contributed by atoms with Crippen LogP contribution in [0.25, 0.3) is 10.9 Å². The van der Waals surface area contributed by atoms with Crippen LogP contribution in [0.2, 0.25) is 5.15 Å². The number of rotatable bonds is 2. The Morgan fingerprint density at radius 3 is 2.75 bits per heavy atom. The van der Waals surface area contributed by atoms with Crippen molar-refractivity contribution in [1.82, 2.24) is 4.98 Å². The van der Waals surface area contributed by atoms with E-state index in [1.807, 2.05) is 24.3 Å². The molecule has 0 aliphatic heterocycles. The first-order chi connectivity index (χ1) is 7.61. The second-order valence-electron chi connectivity index (χ2n) is 3.60. The number of nitrogens with zero attached hydrogens (tertiary/aromatic N) is 1. The lowest BCUT2D eigenvalue weighted by molar-refractivity contribution is 0.199. The third kappa shape index (κ3) is 1.96. The number of aromatic nitrogens is 1. The molecule has 0 saturated carbocycles. The standard InChI is InChI=1S/C12H12ClNO2/c1-7(15)10-5-8-3-4-9(16-2)6-11(8)14-12(10)13/h3-7,15H,1-2H3/t7-/m1/s1. The molecule has 4 heteroatoms. The van der Waals surface area contributed by atoms with Crippen molar-refractivity contribution in [3.05, 3.63) is 35.0 Å². The largest absolute Gasteiger partial charge is 0.497 e. The number of pyridine rings is 1. The van der Waals surface area contributed by atoms with Crippen molar-refractivity contribution >= 4 is 22.5 Å². The summed E-state index contributed by atoms with van der Waals surface area (Å²) in [6.45, 7) is 1.66. The van der Waals surface area contributed by atoms with E-state index in [1.54, 1.807) is 14.0 Å². The average Bonchev–Trinajstić information content (AvgIpc) is 2.27. The van der Waals surface area contributed by atoms with Crippen molar-refractivity contribution in [3.8, 4) is 5.75 Å². The van der Waals surface area contributed by atoms with E-state index < -0.39 is 6.10 Å². The van der Waals surface area contributed by atoms with Crippen LogP contribution in [0.3, 0.4) is 0 Å². The van der Waals surface area contributed by atoms with Gasteiger partial charge in [-0.2, -0.15) is 0 Å². The van der Waals surface area contributed by atoms with Crippen LogP contribution in [-0.2, 0) is 0 Å². The highest BCUT2D eigenvalue weighted by molar-refractivity contribution is 6.30. The normalized spacial score (nSPS) is 12.8. The fraction of sp³-hybridized carbons (Fsp3) is 0.250. The summed E-state index contributed by atoms with van der Waals surface area (Å²) in [6.07, 6.45) is -0.619. The van der Waals surface area contributed by atoms with Gasteiger partial charge in [0.05, 0.1) is 18.7 Å². The number of ether oxygens (including phenoxy) is 1. The fourth-order valence-corrected chi connectivity index (χ4v) is 1.86. The van der Waals surface area contributed by atoms with Crippen LogP contribution in [0.5, 0.6) is 5.75 Å². The Kier molecular flexibility index (Phi) is 2.99. The van der Waals surface area contributed by atoms with Crippen LogP contribution < -0.4 is 4.74 Å². The molecule has 1 aromatic carbocycles. The van der Waals surface area contributed by atoms with E-state index in [9.17, 15) is 5.11 Å². The third-order valence-electron chi connectivity index (χ3n) is 2.46. The zero-order chi connectivity index (χ0) is 11.7. The zero-order valence-electron chi connectivity index (χ0n) is 9.07. The summed E-state index contributed by atoms with van der Waals surface area (Å²) >= 11 is 5.98. The Bertz CT molecular complexity index is 526. The minimum Gasteiger partial charge on any atom is -0.497 e. The summed E-state index contributed by atoms with van der Waals surface area (Å²) < 4.78 is 5.11.